The largest absolute Gasteiger partial charge is 0.347 e. The molecule has 5 heterocycles. The van der Waals surface area contributed by atoms with Gasteiger partial charge >= 0.3 is 0 Å². The Balaban J connectivity index is 1.28. The van der Waals surface area contributed by atoms with Crippen molar-refractivity contribution in [3.05, 3.63) is 43.2 Å². The summed E-state index contributed by atoms with van der Waals surface area (Å²) >= 11 is 0. The molecule has 0 amide bonds. The molecular formula is C27H35N7O2. The van der Waals surface area contributed by atoms with Gasteiger partial charge in [0, 0.05) is 36.4 Å². The summed E-state index contributed by atoms with van der Waals surface area (Å²) in [5.74, 6) is -0.381. The Morgan fingerprint density at radius 2 is 1.72 bits per heavy atom. The van der Waals surface area contributed by atoms with Crippen LogP contribution < -0.4 is 0 Å². The minimum atomic E-state index is -0.381. The predicted octanol–water partition coefficient (Wildman–Crippen LogP) is 5.45. The van der Waals surface area contributed by atoms with Gasteiger partial charge in [-0.1, -0.05) is 20.3 Å². The molecule has 2 aliphatic rings. The van der Waals surface area contributed by atoms with E-state index in [2.05, 4.69) is 53.1 Å². The molecule has 4 aromatic rings. The van der Waals surface area contributed by atoms with E-state index < -0.39 is 0 Å². The molecule has 2 atom stereocenters. The molecule has 0 bridgehead atoms. The van der Waals surface area contributed by atoms with Crippen LogP contribution in [0.15, 0.2) is 43.2 Å². The minimum absolute atomic E-state index is 0.0103. The van der Waals surface area contributed by atoms with Gasteiger partial charge in [0.1, 0.15) is 6.10 Å². The molecule has 4 aromatic heterocycles. The minimum Gasteiger partial charge on any atom is -0.347 e. The van der Waals surface area contributed by atoms with Gasteiger partial charge in [0.2, 0.25) is 0 Å². The van der Waals surface area contributed by atoms with Gasteiger partial charge in [-0.2, -0.15) is 15.3 Å². The van der Waals surface area contributed by atoms with Gasteiger partial charge in [-0.3, -0.25) is 9.36 Å². The van der Waals surface area contributed by atoms with Gasteiger partial charge in [-0.05, 0) is 38.7 Å². The third-order valence-electron chi connectivity index (χ3n) is 7.93. The Labute approximate surface area is 211 Å². The maximum Gasteiger partial charge on any atom is 0.169 e. The summed E-state index contributed by atoms with van der Waals surface area (Å²) in [5.41, 5.74) is 4.58. The molecule has 2 fully saturated rings. The maximum absolute atomic E-state index is 6.46. The van der Waals surface area contributed by atoms with E-state index in [4.69, 9.17) is 14.5 Å². The smallest absolute Gasteiger partial charge is 0.169 e. The summed E-state index contributed by atoms with van der Waals surface area (Å²) in [5, 5.41) is 13.8. The molecule has 1 saturated heterocycles. The van der Waals surface area contributed by atoms with Crippen molar-refractivity contribution in [3.8, 4) is 22.5 Å². The molecule has 6 rings (SSSR count). The van der Waals surface area contributed by atoms with Crippen LogP contribution in [0.4, 0.5) is 0 Å². The Bertz CT molecular complexity index is 1330. The van der Waals surface area contributed by atoms with Crippen molar-refractivity contribution in [2.24, 2.45) is 0 Å². The van der Waals surface area contributed by atoms with Crippen LogP contribution in [0.3, 0.4) is 0 Å². The zero-order valence-electron chi connectivity index (χ0n) is 21.4. The van der Waals surface area contributed by atoms with Crippen LogP contribution in [0.2, 0.25) is 0 Å². The lowest BCUT2D eigenvalue weighted by atomic mass is 9.94. The van der Waals surface area contributed by atoms with Crippen LogP contribution in [-0.2, 0) is 9.47 Å². The van der Waals surface area contributed by atoms with Crippen LogP contribution in [0, 0.1) is 0 Å². The normalized spacial score (nSPS) is 20.6. The van der Waals surface area contributed by atoms with E-state index in [0.717, 1.165) is 53.7 Å². The second-order valence-electron chi connectivity index (χ2n) is 10.2. The van der Waals surface area contributed by atoms with E-state index in [-0.39, 0.29) is 17.9 Å². The van der Waals surface area contributed by atoms with E-state index in [9.17, 15) is 0 Å². The van der Waals surface area contributed by atoms with Crippen molar-refractivity contribution in [1.29, 1.82) is 0 Å². The number of nitrogens with zero attached hydrogens (tertiary/aromatic N) is 7. The fraction of sp³-hybridized carbons (Fsp3) is 0.556. The zero-order valence-corrected chi connectivity index (χ0v) is 21.4. The average Bonchev–Trinajstić information content (AvgIpc) is 3.71. The summed E-state index contributed by atoms with van der Waals surface area (Å²) in [7, 11) is 0. The molecule has 36 heavy (non-hydrogen) atoms. The Morgan fingerprint density at radius 3 is 2.53 bits per heavy atom. The molecular weight excluding hydrogens is 454 g/mol. The topological polar surface area (TPSA) is 84.3 Å². The standard InChI is InChI=1S/C27H35N7O2/c1-4-22(5-2)33-16-21(14-30-33)26-24-9-12-28-34(24)17-23(31-26)20-13-29-32(15-20)19(3)25-18-35-27(36-25)10-7-6-8-11-27/h9,12-17,19,22,25H,4-8,10-11,18H2,1-3H3. The molecule has 1 saturated carbocycles. The fourth-order valence-electron chi connectivity index (χ4n) is 5.63. The van der Waals surface area contributed by atoms with Gasteiger partial charge < -0.3 is 9.47 Å². The summed E-state index contributed by atoms with van der Waals surface area (Å²) in [4.78, 5) is 5.05. The van der Waals surface area contributed by atoms with Crippen LogP contribution in [0.1, 0.15) is 77.8 Å². The quantitative estimate of drug-likeness (QED) is 0.343. The van der Waals surface area contributed by atoms with Gasteiger partial charge in [0.15, 0.2) is 5.79 Å². The third kappa shape index (κ3) is 4.14. The molecule has 0 radical (unpaired) electrons. The summed E-state index contributed by atoms with van der Waals surface area (Å²) in [6.45, 7) is 7.15. The van der Waals surface area contributed by atoms with Crippen molar-refractivity contribution >= 4 is 5.52 Å². The number of rotatable bonds is 7. The van der Waals surface area contributed by atoms with Gasteiger partial charge in [-0.15, -0.1) is 0 Å². The number of ether oxygens (including phenoxy) is 2. The molecule has 190 valence electrons. The molecule has 9 heteroatoms. The van der Waals surface area contributed by atoms with Crippen LogP contribution in [0.25, 0.3) is 28.0 Å². The van der Waals surface area contributed by atoms with Crippen molar-refractivity contribution in [2.45, 2.75) is 89.7 Å². The second kappa shape index (κ2) is 9.44. The van der Waals surface area contributed by atoms with Crippen LogP contribution in [0.5, 0.6) is 0 Å². The molecule has 1 aliphatic carbocycles. The van der Waals surface area contributed by atoms with E-state index in [1.807, 2.05) is 33.9 Å². The highest BCUT2D eigenvalue weighted by Gasteiger charge is 2.44. The van der Waals surface area contributed by atoms with Gasteiger partial charge in [-0.25, -0.2) is 9.50 Å². The first-order valence-electron chi connectivity index (χ1n) is 13.3. The monoisotopic (exact) mass is 489 g/mol. The molecule has 1 spiro atoms. The van der Waals surface area contributed by atoms with E-state index in [0.29, 0.717) is 12.6 Å². The maximum atomic E-state index is 6.46. The van der Waals surface area contributed by atoms with Crippen molar-refractivity contribution in [3.63, 3.8) is 0 Å². The molecule has 1 aliphatic heterocycles. The third-order valence-corrected chi connectivity index (χ3v) is 7.93. The van der Waals surface area contributed by atoms with E-state index in [1.165, 1.54) is 19.3 Å². The number of hydrogen-bond acceptors (Lipinski definition) is 6. The number of fused-ring (bicyclic) bond motifs is 1. The first kappa shape index (κ1) is 23.4. The first-order valence-corrected chi connectivity index (χ1v) is 13.3. The highest BCUT2D eigenvalue weighted by Crippen LogP contribution is 2.40. The Hall–Kier alpha value is -3.04. The van der Waals surface area contributed by atoms with Crippen molar-refractivity contribution < 1.29 is 9.47 Å². The number of hydrogen-bond donors (Lipinski definition) is 0. The van der Waals surface area contributed by atoms with E-state index in [1.54, 1.807) is 6.20 Å². The highest BCUT2D eigenvalue weighted by atomic mass is 16.7. The Morgan fingerprint density at radius 1 is 0.972 bits per heavy atom. The van der Waals surface area contributed by atoms with Crippen LogP contribution >= 0.6 is 0 Å². The predicted molar refractivity (Wildman–Crippen MR) is 136 cm³/mol. The van der Waals surface area contributed by atoms with Gasteiger partial charge in [0.05, 0.1) is 60.4 Å². The first-order chi connectivity index (χ1) is 17.6. The lowest BCUT2D eigenvalue weighted by molar-refractivity contribution is -0.190. The lowest BCUT2D eigenvalue weighted by Crippen LogP contribution is -2.34. The SMILES string of the molecule is CCC(CC)n1cc(-c2nc(-c3cnn(C(C)C4COC5(CCCCC5)O4)c3)cn3nccc23)cn1. The van der Waals surface area contributed by atoms with Crippen LogP contribution in [-0.4, -0.2) is 52.7 Å². The summed E-state index contributed by atoms with van der Waals surface area (Å²) in [6, 6.07) is 2.44. The molecule has 2 unspecified atom stereocenters. The summed E-state index contributed by atoms with van der Waals surface area (Å²) in [6.07, 6.45) is 19.4. The Kier molecular flexibility index (Phi) is 6.13. The fourth-order valence-corrected chi connectivity index (χ4v) is 5.63. The van der Waals surface area contributed by atoms with E-state index >= 15 is 0 Å². The average molecular weight is 490 g/mol. The van der Waals surface area contributed by atoms with Crippen molar-refractivity contribution in [2.75, 3.05) is 6.61 Å². The van der Waals surface area contributed by atoms with Gasteiger partial charge in [0.25, 0.3) is 0 Å². The zero-order chi connectivity index (χ0) is 24.7. The second-order valence-corrected chi connectivity index (χ2v) is 10.2. The summed E-state index contributed by atoms with van der Waals surface area (Å²) < 4.78 is 18.5. The lowest BCUT2D eigenvalue weighted by Gasteiger charge is -2.32. The number of aromatic nitrogens is 7. The molecule has 9 nitrogen and oxygen atoms in total. The highest BCUT2D eigenvalue weighted by molar-refractivity contribution is 5.78. The van der Waals surface area contributed by atoms with Crippen molar-refractivity contribution in [1.82, 2.24) is 34.2 Å². The molecule has 0 N–H and O–H groups in total. The molecule has 0 aromatic carbocycles.